The van der Waals surface area contributed by atoms with E-state index in [2.05, 4.69) is 48.4 Å². The first-order chi connectivity index (χ1) is 10.1. The number of rotatable bonds is 3. The Morgan fingerprint density at radius 2 is 1.90 bits per heavy atom. The van der Waals surface area contributed by atoms with Crippen molar-refractivity contribution in [3.05, 3.63) is 60.3 Å². The number of pyridine rings is 1. The molecule has 0 aliphatic rings. The maximum absolute atomic E-state index is 5.82. The molecule has 0 radical (unpaired) electrons. The van der Waals surface area contributed by atoms with Gasteiger partial charge in [-0.15, -0.1) is 0 Å². The molecule has 106 valence electrons. The monoisotopic (exact) mass is 277 g/mol. The minimum absolute atomic E-state index is 0.515. The molecule has 1 aromatic heterocycles. The molecule has 3 nitrogen and oxygen atoms in total. The van der Waals surface area contributed by atoms with Crippen LogP contribution in [0.3, 0.4) is 0 Å². The van der Waals surface area contributed by atoms with Crippen LogP contribution in [0.25, 0.3) is 10.9 Å². The zero-order valence-electron chi connectivity index (χ0n) is 12.3. The molecule has 1 heterocycles. The molecule has 3 N–H and O–H groups in total. The molecule has 0 saturated carbocycles. The molecule has 2 aromatic carbocycles. The number of anilines is 3. The lowest BCUT2D eigenvalue weighted by Crippen LogP contribution is -1.95. The molecule has 0 amide bonds. The predicted octanol–water partition coefficient (Wildman–Crippen LogP) is 4.68. The first-order valence-corrected chi connectivity index (χ1v) is 7.15. The standard InChI is InChI=1S/C18H19N3/c1-12(2)13-4-3-5-15(10-13)21-17-8-9-20-18-11-14(19)6-7-16(17)18/h3-12H,19H2,1-2H3,(H,20,21). The van der Waals surface area contributed by atoms with E-state index in [1.165, 1.54) is 5.56 Å². The van der Waals surface area contributed by atoms with Gasteiger partial charge < -0.3 is 11.1 Å². The number of aromatic nitrogens is 1. The maximum Gasteiger partial charge on any atom is 0.0743 e. The molecular formula is C18H19N3. The highest BCUT2D eigenvalue weighted by Crippen LogP contribution is 2.27. The summed E-state index contributed by atoms with van der Waals surface area (Å²) in [4.78, 5) is 4.37. The van der Waals surface area contributed by atoms with Crippen LogP contribution in [0, 0.1) is 0 Å². The van der Waals surface area contributed by atoms with Gasteiger partial charge in [0.2, 0.25) is 0 Å². The highest BCUT2D eigenvalue weighted by atomic mass is 14.9. The van der Waals surface area contributed by atoms with E-state index in [9.17, 15) is 0 Å². The van der Waals surface area contributed by atoms with E-state index in [0.29, 0.717) is 5.92 Å². The van der Waals surface area contributed by atoms with Gasteiger partial charge in [-0.3, -0.25) is 4.98 Å². The fourth-order valence-corrected chi connectivity index (χ4v) is 2.41. The molecule has 0 bridgehead atoms. The first kappa shape index (κ1) is 13.4. The third-order valence-electron chi connectivity index (χ3n) is 3.60. The summed E-state index contributed by atoms with van der Waals surface area (Å²) < 4.78 is 0. The third-order valence-corrected chi connectivity index (χ3v) is 3.60. The topological polar surface area (TPSA) is 50.9 Å². The lowest BCUT2D eigenvalue weighted by molar-refractivity contribution is 0.867. The lowest BCUT2D eigenvalue weighted by Gasteiger charge is -2.12. The third kappa shape index (κ3) is 2.82. The number of nitrogens with zero attached hydrogens (tertiary/aromatic N) is 1. The second kappa shape index (κ2) is 5.44. The van der Waals surface area contributed by atoms with Crippen LogP contribution in [-0.4, -0.2) is 4.98 Å². The van der Waals surface area contributed by atoms with E-state index in [1.807, 2.05) is 24.3 Å². The Hall–Kier alpha value is -2.55. The summed E-state index contributed by atoms with van der Waals surface area (Å²) in [5.41, 5.74) is 10.9. The molecule has 0 fully saturated rings. The van der Waals surface area contributed by atoms with Gasteiger partial charge >= 0.3 is 0 Å². The molecule has 0 aliphatic heterocycles. The number of fused-ring (bicyclic) bond motifs is 1. The smallest absolute Gasteiger partial charge is 0.0743 e. The summed E-state index contributed by atoms with van der Waals surface area (Å²) >= 11 is 0. The number of nitrogens with one attached hydrogen (secondary N) is 1. The molecule has 21 heavy (non-hydrogen) atoms. The van der Waals surface area contributed by atoms with Gasteiger partial charge in [0.1, 0.15) is 0 Å². The van der Waals surface area contributed by atoms with E-state index in [-0.39, 0.29) is 0 Å². The SMILES string of the molecule is CC(C)c1cccc(Nc2ccnc3cc(N)ccc23)c1. The Labute approximate surface area is 124 Å². The largest absolute Gasteiger partial charge is 0.399 e. The van der Waals surface area contributed by atoms with E-state index < -0.39 is 0 Å². The molecule has 0 aliphatic carbocycles. The Bertz CT molecular complexity index is 778. The van der Waals surface area contributed by atoms with Crippen molar-refractivity contribution in [3.8, 4) is 0 Å². The summed E-state index contributed by atoms with van der Waals surface area (Å²) in [6, 6.07) is 16.3. The predicted molar refractivity (Wildman–Crippen MR) is 90.0 cm³/mol. The van der Waals surface area contributed by atoms with Crippen LogP contribution in [0.15, 0.2) is 54.7 Å². The van der Waals surface area contributed by atoms with Crippen molar-refractivity contribution in [3.63, 3.8) is 0 Å². The van der Waals surface area contributed by atoms with Crippen molar-refractivity contribution >= 4 is 28.0 Å². The average Bonchev–Trinajstić information content (AvgIpc) is 2.47. The summed E-state index contributed by atoms with van der Waals surface area (Å²) in [6.45, 7) is 4.40. The number of nitrogen functional groups attached to an aromatic ring is 1. The molecular weight excluding hydrogens is 258 g/mol. The fourth-order valence-electron chi connectivity index (χ4n) is 2.41. The number of hydrogen-bond acceptors (Lipinski definition) is 3. The maximum atomic E-state index is 5.82. The van der Waals surface area contributed by atoms with E-state index >= 15 is 0 Å². The minimum atomic E-state index is 0.515. The van der Waals surface area contributed by atoms with Crippen LogP contribution in [0.2, 0.25) is 0 Å². The van der Waals surface area contributed by atoms with Crippen molar-refractivity contribution < 1.29 is 0 Å². The van der Waals surface area contributed by atoms with Crippen LogP contribution in [0.5, 0.6) is 0 Å². The van der Waals surface area contributed by atoms with Crippen LogP contribution in [0.4, 0.5) is 17.1 Å². The Balaban J connectivity index is 2.00. The van der Waals surface area contributed by atoms with Crippen LogP contribution < -0.4 is 11.1 Å². The molecule has 0 saturated heterocycles. The summed E-state index contributed by atoms with van der Waals surface area (Å²) in [5.74, 6) is 0.515. The molecule has 0 atom stereocenters. The zero-order valence-corrected chi connectivity index (χ0v) is 12.3. The van der Waals surface area contributed by atoms with Gasteiger partial charge in [-0.05, 0) is 47.9 Å². The van der Waals surface area contributed by atoms with Gasteiger partial charge in [0.25, 0.3) is 0 Å². The lowest BCUT2D eigenvalue weighted by atomic mass is 10.0. The highest BCUT2D eigenvalue weighted by molar-refractivity contribution is 5.94. The normalized spacial score (nSPS) is 11.0. The van der Waals surface area contributed by atoms with Crippen LogP contribution in [0.1, 0.15) is 25.3 Å². The average molecular weight is 277 g/mol. The van der Waals surface area contributed by atoms with E-state index in [0.717, 1.165) is 28.0 Å². The van der Waals surface area contributed by atoms with Gasteiger partial charge in [-0.25, -0.2) is 0 Å². The summed E-state index contributed by atoms with van der Waals surface area (Å²) in [7, 11) is 0. The zero-order chi connectivity index (χ0) is 14.8. The van der Waals surface area contributed by atoms with Crippen molar-refractivity contribution in [2.75, 3.05) is 11.1 Å². The Morgan fingerprint density at radius 1 is 1.05 bits per heavy atom. The van der Waals surface area contributed by atoms with Crippen LogP contribution >= 0.6 is 0 Å². The van der Waals surface area contributed by atoms with Crippen molar-refractivity contribution in [2.24, 2.45) is 0 Å². The molecule has 3 aromatic rings. The van der Waals surface area contributed by atoms with E-state index in [4.69, 9.17) is 5.73 Å². The van der Waals surface area contributed by atoms with Gasteiger partial charge in [-0.1, -0.05) is 26.0 Å². The summed E-state index contributed by atoms with van der Waals surface area (Å²) in [5, 5.41) is 4.55. The molecule has 3 heteroatoms. The fraction of sp³-hybridized carbons (Fsp3) is 0.167. The second-order valence-electron chi connectivity index (χ2n) is 5.54. The quantitative estimate of drug-likeness (QED) is 0.683. The van der Waals surface area contributed by atoms with Crippen molar-refractivity contribution in [1.29, 1.82) is 0 Å². The van der Waals surface area contributed by atoms with Gasteiger partial charge in [-0.2, -0.15) is 0 Å². The second-order valence-corrected chi connectivity index (χ2v) is 5.54. The Kier molecular flexibility index (Phi) is 3.48. The number of nitrogens with two attached hydrogens (primary N) is 1. The van der Waals surface area contributed by atoms with Crippen molar-refractivity contribution in [2.45, 2.75) is 19.8 Å². The Morgan fingerprint density at radius 3 is 2.71 bits per heavy atom. The highest BCUT2D eigenvalue weighted by Gasteiger charge is 2.04. The van der Waals surface area contributed by atoms with Gasteiger partial charge in [0.15, 0.2) is 0 Å². The van der Waals surface area contributed by atoms with Crippen molar-refractivity contribution in [1.82, 2.24) is 4.98 Å². The molecule has 3 rings (SSSR count). The van der Waals surface area contributed by atoms with Crippen LogP contribution in [-0.2, 0) is 0 Å². The molecule has 0 unspecified atom stereocenters. The van der Waals surface area contributed by atoms with Gasteiger partial charge in [0.05, 0.1) is 5.52 Å². The molecule has 0 spiro atoms. The first-order valence-electron chi connectivity index (χ1n) is 7.15. The summed E-state index contributed by atoms with van der Waals surface area (Å²) in [6.07, 6.45) is 1.80. The van der Waals surface area contributed by atoms with E-state index in [1.54, 1.807) is 6.20 Å². The minimum Gasteiger partial charge on any atom is -0.399 e. The van der Waals surface area contributed by atoms with Gasteiger partial charge in [0, 0.05) is 28.6 Å². The number of benzene rings is 2. The number of hydrogen-bond donors (Lipinski definition) is 2.